The Labute approximate surface area is 486 Å². The van der Waals surface area contributed by atoms with E-state index in [4.69, 9.17) is 14.2 Å². The van der Waals surface area contributed by atoms with Crippen molar-refractivity contribution in [2.24, 2.45) is 0 Å². The summed E-state index contributed by atoms with van der Waals surface area (Å²) in [5.74, 6) is -0.842. The second-order valence-corrected chi connectivity index (χ2v) is 23.8. The summed E-state index contributed by atoms with van der Waals surface area (Å²) < 4.78 is 17.0. The molecule has 0 aromatic rings. The molecule has 1 unspecified atom stereocenters. The van der Waals surface area contributed by atoms with Gasteiger partial charge in [0.15, 0.2) is 6.10 Å². The average Bonchev–Trinajstić information content (AvgIpc) is 3.44. The molecule has 458 valence electrons. The van der Waals surface area contributed by atoms with Crippen LogP contribution < -0.4 is 0 Å². The van der Waals surface area contributed by atoms with Crippen molar-refractivity contribution in [2.75, 3.05) is 13.2 Å². The lowest BCUT2D eigenvalue weighted by Crippen LogP contribution is -2.30. The minimum absolute atomic E-state index is 0.0666. The first-order valence-corrected chi connectivity index (χ1v) is 35.0. The Kier molecular flexibility index (Phi) is 65.1. The normalized spacial score (nSPS) is 12.2. The highest BCUT2D eigenvalue weighted by Gasteiger charge is 2.19. The van der Waals surface area contributed by atoms with E-state index in [1.165, 1.54) is 276 Å². The highest BCUT2D eigenvalue weighted by molar-refractivity contribution is 5.71. The van der Waals surface area contributed by atoms with Crippen molar-refractivity contribution in [3.63, 3.8) is 0 Å². The summed E-state index contributed by atoms with van der Waals surface area (Å²) >= 11 is 0. The fourth-order valence-electron chi connectivity index (χ4n) is 10.6. The predicted octanol–water partition coefficient (Wildman–Crippen LogP) is 23.9. The van der Waals surface area contributed by atoms with Crippen molar-refractivity contribution in [3.05, 3.63) is 36.5 Å². The quantitative estimate of drug-likeness (QED) is 0.0261. The van der Waals surface area contributed by atoms with Crippen LogP contribution in [0, 0.1) is 0 Å². The minimum atomic E-state index is -0.769. The van der Waals surface area contributed by atoms with E-state index in [2.05, 4.69) is 57.2 Å². The second kappa shape index (κ2) is 67.1. The number of carbonyl (C=O) groups is 3. The average molecular weight is 1100 g/mol. The summed E-state index contributed by atoms with van der Waals surface area (Å²) in [5, 5.41) is 0. The topological polar surface area (TPSA) is 78.9 Å². The van der Waals surface area contributed by atoms with Gasteiger partial charge in [0.1, 0.15) is 13.2 Å². The number of esters is 3. The van der Waals surface area contributed by atoms with Gasteiger partial charge in [0.25, 0.3) is 0 Å². The van der Waals surface area contributed by atoms with E-state index in [9.17, 15) is 14.4 Å². The largest absolute Gasteiger partial charge is 0.462 e. The highest BCUT2D eigenvalue weighted by atomic mass is 16.6. The Balaban J connectivity index is 4.16. The number of allylic oxidation sites excluding steroid dienone is 6. The first-order chi connectivity index (χ1) is 38.5. The third-order valence-corrected chi connectivity index (χ3v) is 15.9. The Hall–Kier alpha value is -2.37. The molecule has 0 amide bonds. The zero-order chi connectivity index (χ0) is 56.4. The Morgan fingerprint density at radius 1 is 0.256 bits per heavy atom. The van der Waals surface area contributed by atoms with E-state index >= 15 is 0 Å². The van der Waals surface area contributed by atoms with Gasteiger partial charge in [-0.3, -0.25) is 14.4 Å². The van der Waals surface area contributed by atoms with E-state index in [0.717, 1.165) is 70.6 Å². The van der Waals surface area contributed by atoms with Crippen molar-refractivity contribution >= 4 is 17.9 Å². The molecule has 78 heavy (non-hydrogen) atoms. The SMILES string of the molecule is CCCCCCC/C=C\C/C=C\C/C=C\CCCCCCCCCCCCCCC(=O)OCC(COC(=O)CCCCCCCCCCCC)OC(=O)CCCCCCCCCCCCCCCCCCCCCCCCC. The predicted molar refractivity (Wildman–Crippen MR) is 339 cm³/mol. The molecule has 0 bridgehead atoms. The number of hydrogen-bond donors (Lipinski definition) is 0. The first kappa shape index (κ1) is 75.6. The molecule has 0 radical (unpaired) electrons. The van der Waals surface area contributed by atoms with Gasteiger partial charge in [0, 0.05) is 19.3 Å². The molecule has 0 aliphatic heterocycles. The van der Waals surface area contributed by atoms with E-state index in [-0.39, 0.29) is 31.1 Å². The molecule has 0 heterocycles. The monoisotopic (exact) mass is 1100 g/mol. The van der Waals surface area contributed by atoms with Crippen LogP contribution in [0.5, 0.6) is 0 Å². The summed E-state index contributed by atoms with van der Waals surface area (Å²) in [6, 6.07) is 0. The zero-order valence-electron chi connectivity index (χ0n) is 52.7. The van der Waals surface area contributed by atoms with E-state index in [0.29, 0.717) is 19.3 Å². The summed E-state index contributed by atoms with van der Waals surface area (Å²) in [5.41, 5.74) is 0. The Morgan fingerprint density at radius 2 is 0.462 bits per heavy atom. The molecular weight excluding hydrogens is 961 g/mol. The standard InChI is InChI=1S/C72H134O6/c1-4-7-10-13-16-19-22-24-26-28-30-32-34-35-36-37-39-40-42-44-46-48-50-53-56-59-62-65-71(74)77-68-69(67-76-70(73)64-61-58-55-52-21-18-15-12-9-6-3)78-72(75)66-63-60-57-54-51-49-47-45-43-41-38-33-31-29-27-25-23-20-17-14-11-8-5-2/h22,24,28,30,34-35,69H,4-21,23,25-27,29,31-33,36-68H2,1-3H3/b24-22-,30-28-,35-34-. The van der Waals surface area contributed by atoms with Gasteiger partial charge in [-0.05, 0) is 57.8 Å². The van der Waals surface area contributed by atoms with Crippen molar-refractivity contribution < 1.29 is 28.6 Å². The molecule has 0 rings (SSSR count). The molecule has 0 saturated heterocycles. The molecule has 0 aromatic carbocycles. The molecule has 0 N–H and O–H groups in total. The van der Waals surface area contributed by atoms with Gasteiger partial charge in [-0.25, -0.2) is 0 Å². The van der Waals surface area contributed by atoms with Crippen molar-refractivity contribution in [3.8, 4) is 0 Å². The number of ether oxygens (including phenoxy) is 3. The van der Waals surface area contributed by atoms with Gasteiger partial charge in [0.05, 0.1) is 0 Å². The molecule has 0 fully saturated rings. The van der Waals surface area contributed by atoms with Crippen molar-refractivity contribution in [1.82, 2.24) is 0 Å². The maximum atomic E-state index is 12.9. The first-order valence-electron chi connectivity index (χ1n) is 35.0. The van der Waals surface area contributed by atoms with Crippen LogP contribution in [-0.2, 0) is 28.6 Å². The van der Waals surface area contributed by atoms with Gasteiger partial charge in [-0.1, -0.05) is 346 Å². The lowest BCUT2D eigenvalue weighted by molar-refractivity contribution is -0.167. The molecular formula is C72H134O6. The van der Waals surface area contributed by atoms with Crippen LogP contribution >= 0.6 is 0 Å². The molecule has 0 saturated carbocycles. The van der Waals surface area contributed by atoms with Gasteiger partial charge < -0.3 is 14.2 Å². The third-order valence-electron chi connectivity index (χ3n) is 15.9. The van der Waals surface area contributed by atoms with Gasteiger partial charge in [-0.15, -0.1) is 0 Å². The van der Waals surface area contributed by atoms with Gasteiger partial charge >= 0.3 is 17.9 Å². The third kappa shape index (κ3) is 64.5. The van der Waals surface area contributed by atoms with Gasteiger partial charge in [0.2, 0.25) is 0 Å². The lowest BCUT2D eigenvalue weighted by Gasteiger charge is -2.18. The van der Waals surface area contributed by atoms with E-state index in [1.54, 1.807) is 0 Å². The number of unbranched alkanes of at least 4 members (excludes halogenated alkanes) is 48. The number of carbonyl (C=O) groups excluding carboxylic acids is 3. The van der Waals surface area contributed by atoms with E-state index in [1.807, 2.05) is 0 Å². The molecule has 0 spiro atoms. The van der Waals surface area contributed by atoms with Crippen molar-refractivity contribution in [1.29, 1.82) is 0 Å². The summed E-state index contributed by atoms with van der Waals surface area (Å²) in [6.45, 7) is 6.69. The van der Waals surface area contributed by atoms with Crippen LogP contribution in [0.15, 0.2) is 36.5 Å². The number of hydrogen-bond acceptors (Lipinski definition) is 6. The molecule has 0 aromatic heterocycles. The van der Waals surface area contributed by atoms with Crippen molar-refractivity contribution in [2.45, 2.75) is 393 Å². The molecule has 0 aliphatic carbocycles. The lowest BCUT2D eigenvalue weighted by atomic mass is 10.0. The fourth-order valence-corrected chi connectivity index (χ4v) is 10.6. The van der Waals surface area contributed by atoms with Crippen LogP contribution in [0.4, 0.5) is 0 Å². The van der Waals surface area contributed by atoms with Gasteiger partial charge in [-0.2, -0.15) is 0 Å². The van der Waals surface area contributed by atoms with Crippen LogP contribution in [0.25, 0.3) is 0 Å². The summed E-state index contributed by atoms with van der Waals surface area (Å²) in [6.07, 6.45) is 83.2. The van der Waals surface area contributed by atoms with Crippen LogP contribution in [0.3, 0.4) is 0 Å². The van der Waals surface area contributed by atoms with E-state index < -0.39 is 6.10 Å². The smallest absolute Gasteiger partial charge is 0.306 e. The molecule has 6 heteroatoms. The minimum Gasteiger partial charge on any atom is -0.462 e. The second-order valence-electron chi connectivity index (χ2n) is 23.8. The zero-order valence-corrected chi connectivity index (χ0v) is 52.7. The summed E-state index contributed by atoms with van der Waals surface area (Å²) in [7, 11) is 0. The van der Waals surface area contributed by atoms with Crippen LogP contribution in [0.2, 0.25) is 0 Å². The molecule has 6 nitrogen and oxygen atoms in total. The van der Waals surface area contributed by atoms with Crippen LogP contribution in [-0.4, -0.2) is 37.2 Å². The molecule has 1 atom stereocenters. The van der Waals surface area contributed by atoms with Crippen LogP contribution in [0.1, 0.15) is 387 Å². The summed E-state index contributed by atoms with van der Waals surface area (Å²) in [4.78, 5) is 38.3. The fraction of sp³-hybridized carbons (Fsp3) is 0.875. The highest BCUT2D eigenvalue weighted by Crippen LogP contribution is 2.18. The maximum absolute atomic E-state index is 12.9. The Morgan fingerprint density at radius 3 is 0.718 bits per heavy atom. The Bertz CT molecular complexity index is 1300. The molecule has 0 aliphatic rings. The number of rotatable bonds is 65. The maximum Gasteiger partial charge on any atom is 0.306 e.